The Balaban J connectivity index is 0.000000909. The molecule has 0 spiro atoms. The van der Waals surface area contributed by atoms with Gasteiger partial charge < -0.3 is 20.1 Å². The first-order valence-electron chi connectivity index (χ1n) is 13.7. The Morgan fingerprint density at radius 3 is 2.20 bits per heavy atom. The van der Waals surface area contributed by atoms with Gasteiger partial charge in [0.25, 0.3) is 5.56 Å². The highest BCUT2D eigenvalue weighted by atomic mass is 19.4. The third kappa shape index (κ3) is 8.45. The Morgan fingerprint density at radius 1 is 0.927 bits per heavy atom. The lowest BCUT2D eigenvalue weighted by Crippen LogP contribution is -2.28. The maximum absolute atomic E-state index is 13.5. The summed E-state index contributed by atoms with van der Waals surface area (Å²) in [6.07, 6.45) is 2.61. The van der Waals surface area contributed by atoms with Crippen molar-refractivity contribution in [2.45, 2.75) is 63.6 Å². The number of hydrogen-bond acceptors (Lipinski definition) is 3. The average Bonchev–Trinajstić information content (AvgIpc) is 3.55. The van der Waals surface area contributed by atoms with Crippen LogP contribution in [0.3, 0.4) is 0 Å². The molecule has 10 heteroatoms. The van der Waals surface area contributed by atoms with Gasteiger partial charge in [0.05, 0.1) is 12.5 Å². The van der Waals surface area contributed by atoms with Crippen molar-refractivity contribution in [1.82, 2.24) is 4.57 Å². The zero-order valence-electron chi connectivity index (χ0n) is 22.4. The number of benzene rings is 2. The van der Waals surface area contributed by atoms with Gasteiger partial charge in [-0.15, -0.1) is 0 Å². The number of amides is 1. The maximum atomic E-state index is 13.5. The van der Waals surface area contributed by atoms with Gasteiger partial charge in [-0.25, -0.2) is 4.79 Å². The van der Waals surface area contributed by atoms with Crippen LogP contribution in [0.4, 0.5) is 23.7 Å². The molecule has 1 heterocycles. The van der Waals surface area contributed by atoms with Crippen LogP contribution in [-0.2, 0) is 23.9 Å². The molecule has 41 heavy (non-hydrogen) atoms. The highest BCUT2D eigenvalue weighted by Crippen LogP contribution is 2.38. The molecule has 3 aromatic rings. The molecule has 0 saturated heterocycles. The fourth-order valence-corrected chi connectivity index (χ4v) is 5.48. The molecule has 3 N–H and O–H groups in total. The molecular weight excluding hydrogens is 537 g/mol. The fourth-order valence-electron chi connectivity index (χ4n) is 5.48. The third-order valence-corrected chi connectivity index (χ3v) is 7.59. The molecule has 2 fully saturated rings. The minimum atomic E-state index is -4.69. The summed E-state index contributed by atoms with van der Waals surface area (Å²) < 4.78 is 40.4. The van der Waals surface area contributed by atoms with Crippen LogP contribution in [0.15, 0.2) is 71.7 Å². The number of hydrogen-bond donors (Lipinski definition) is 3. The average molecular weight is 571 g/mol. The smallest absolute Gasteiger partial charge is 0.450 e. The lowest BCUT2D eigenvalue weighted by Gasteiger charge is -2.24. The number of carbonyl (C=O) groups is 2. The van der Waals surface area contributed by atoms with E-state index in [9.17, 15) is 22.8 Å². The molecule has 1 atom stereocenters. The van der Waals surface area contributed by atoms with E-state index in [1.54, 1.807) is 12.1 Å². The van der Waals surface area contributed by atoms with Crippen LogP contribution in [0.5, 0.6) is 0 Å². The summed E-state index contributed by atoms with van der Waals surface area (Å²) in [5.74, 6) is 0.673. The number of halogens is 3. The number of alkyl halides is 3. The van der Waals surface area contributed by atoms with Gasteiger partial charge in [0.1, 0.15) is 5.56 Å². The van der Waals surface area contributed by atoms with Crippen molar-refractivity contribution in [3.8, 4) is 0 Å². The minimum Gasteiger partial charge on any atom is -0.450 e. The quantitative estimate of drug-likeness (QED) is 0.270. The SMILES string of the molecule is O=C(Nc1cccc(CC2CC2)c1)C(c1ccc(Cn2cccc(C(F)(F)F)c2=O)cc1)C1CCCC1.O=C(O)O. The number of anilines is 1. The summed E-state index contributed by atoms with van der Waals surface area (Å²) in [5.41, 5.74) is 1.40. The lowest BCUT2D eigenvalue weighted by atomic mass is 9.83. The van der Waals surface area contributed by atoms with Crippen LogP contribution in [0.1, 0.15) is 66.7 Å². The first-order chi connectivity index (χ1) is 19.5. The van der Waals surface area contributed by atoms with Crippen LogP contribution >= 0.6 is 0 Å². The molecule has 2 aromatic carbocycles. The van der Waals surface area contributed by atoms with Gasteiger partial charge in [0, 0.05) is 11.9 Å². The molecule has 5 rings (SSSR count). The second-order valence-corrected chi connectivity index (χ2v) is 10.7. The summed E-state index contributed by atoms with van der Waals surface area (Å²) in [7, 11) is 0. The molecule has 1 aromatic heterocycles. The van der Waals surface area contributed by atoms with Gasteiger partial charge in [-0.05, 0) is 84.9 Å². The first-order valence-corrected chi connectivity index (χ1v) is 13.7. The largest absolute Gasteiger partial charge is 0.503 e. The summed E-state index contributed by atoms with van der Waals surface area (Å²) in [4.78, 5) is 34.4. The number of nitrogens with one attached hydrogen (secondary N) is 1. The van der Waals surface area contributed by atoms with E-state index in [2.05, 4.69) is 17.4 Å². The van der Waals surface area contributed by atoms with Crippen LogP contribution in [-0.4, -0.2) is 26.8 Å². The number of pyridine rings is 1. The van der Waals surface area contributed by atoms with Crippen molar-refractivity contribution in [3.63, 3.8) is 0 Å². The zero-order chi connectivity index (χ0) is 29.6. The van der Waals surface area contributed by atoms with Crippen LogP contribution in [0.25, 0.3) is 0 Å². The Kier molecular flexibility index (Phi) is 9.52. The van der Waals surface area contributed by atoms with Gasteiger partial charge in [-0.2, -0.15) is 13.2 Å². The van der Waals surface area contributed by atoms with Crippen LogP contribution in [0, 0.1) is 11.8 Å². The van der Waals surface area contributed by atoms with Crippen molar-refractivity contribution in [2.75, 3.05) is 5.32 Å². The monoisotopic (exact) mass is 570 g/mol. The Morgan fingerprint density at radius 2 is 1.59 bits per heavy atom. The van der Waals surface area contributed by atoms with Crippen molar-refractivity contribution in [3.05, 3.63) is 99.5 Å². The van der Waals surface area contributed by atoms with Crippen LogP contribution in [0.2, 0.25) is 0 Å². The van der Waals surface area contributed by atoms with E-state index >= 15 is 0 Å². The van der Waals surface area contributed by atoms with Gasteiger partial charge in [0.15, 0.2) is 0 Å². The van der Waals surface area contributed by atoms with E-state index in [1.807, 2.05) is 24.3 Å². The number of aromatic nitrogens is 1. The van der Waals surface area contributed by atoms with Crippen LogP contribution < -0.4 is 10.9 Å². The van der Waals surface area contributed by atoms with E-state index in [1.165, 1.54) is 30.7 Å². The molecule has 2 aliphatic carbocycles. The van der Waals surface area contributed by atoms with E-state index in [0.29, 0.717) is 5.56 Å². The number of nitrogens with zero attached hydrogens (tertiary/aromatic N) is 1. The number of rotatable bonds is 8. The molecule has 7 nitrogen and oxygen atoms in total. The first kappa shape index (κ1) is 29.9. The fraction of sp³-hybridized carbons (Fsp3) is 0.387. The topological polar surface area (TPSA) is 109 Å². The van der Waals surface area contributed by atoms with Crippen molar-refractivity contribution >= 4 is 17.7 Å². The van der Waals surface area contributed by atoms with Crippen molar-refractivity contribution < 1.29 is 33.0 Å². The lowest BCUT2D eigenvalue weighted by molar-refractivity contribution is -0.139. The highest BCUT2D eigenvalue weighted by molar-refractivity contribution is 5.96. The highest BCUT2D eigenvalue weighted by Gasteiger charge is 2.34. The summed E-state index contributed by atoms with van der Waals surface area (Å²) >= 11 is 0. The minimum absolute atomic E-state index is 0.0249. The Hall–Kier alpha value is -4.08. The normalized spacial score (nSPS) is 16.0. The Bertz CT molecular complexity index is 1400. The zero-order valence-corrected chi connectivity index (χ0v) is 22.4. The third-order valence-electron chi connectivity index (χ3n) is 7.59. The number of carboxylic acid groups (broad SMARTS) is 2. The van der Waals surface area contributed by atoms with Crippen molar-refractivity contribution in [1.29, 1.82) is 0 Å². The summed E-state index contributed by atoms with van der Waals surface area (Å²) in [6, 6.07) is 17.5. The molecule has 1 unspecified atom stereocenters. The maximum Gasteiger partial charge on any atom is 0.503 e. The molecular formula is C31H33F3N2O5. The standard InChI is InChI=1S/C30H31F3N2O2.CH2O3/c31-30(32,33)26-9-4-16-35(29(26)37)19-21-12-14-24(15-13-21)27(23-6-1-2-7-23)28(36)34-25-8-3-5-22(18-25)17-20-10-11-20;2-1(3)4/h3-5,8-9,12-16,18,20,23,27H,1-2,6-7,10-11,17,19H2,(H,34,36);(H2,2,3,4). The molecule has 0 bridgehead atoms. The second kappa shape index (κ2) is 13.1. The van der Waals surface area contributed by atoms with E-state index in [-0.39, 0.29) is 24.3 Å². The molecule has 1 amide bonds. The number of carbonyl (C=O) groups excluding carboxylic acids is 1. The van der Waals surface area contributed by atoms with E-state index < -0.39 is 23.5 Å². The predicted octanol–water partition coefficient (Wildman–Crippen LogP) is 7.00. The van der Waals surface area contributed by atoms with Gasteiger partial charge in [-0.3, -0.25) is 9.59 Å². The second-order valence-electron chi connectivity index (χ2n) is 10.7. The van der Waals surface area contributed by atoms with Crippen molar-refractivity contribution in [2.24, 2.45) is 11.8 Å². The van der Waals surface area contributed by atoms with Gasteiger partial charge in [-0.1, -0.05) is 49.2 Å². The molecule has 0 radical (unpaired) electrons. The predicted molar refractivity (Wildman–Crippen MR) is 148 cm³/mol. The summed E-state index contributed by atoms with van der Waals surface area (Å²) in [5, 5.41) is 17.1. The van der Waals surface area contributed by atoms with Gasteiger partial charge >= 0.3 is 12.3 Å². The van der Waals surface area contributed by atoms with Gasteiger partial charge in [0.2, 0.25) is 5.91 Å². The summed E-state index contributed by atoms with van der Waals surface area (Å²) in [6.45, 7) is 0.0249. The molecule has 2 saturated carbocycles. The molecule has 2 aliphatic rings. The van der Waals surface area contributed by atoms with E-state index in [0.717, 1.165) is 59.9 Å². The molecule has 218 valence electrons. The molecule has 0 aliphatic heterocycles. The Labute approximate surface area is 235 Å². The van der Waals surface area contributed by atoms with E-state index in [4.69, 9.17) is 15.0 Å².